The maximum absolute atomic E-state index is 13.2. The molecule has 4 nitrogen and oxygen atoms in total. The minimum absolute atomic E-state index is 0.109. The predicted octanol–water partition coefficient (Wildman–Crippen LogP) is 4.23. The van der Waals surface area contributed by atoms with E-state index in [9.17, 15) is 9.59 Å². The summed E-state index contributed by atoms with van der Waals surface area (Å²) >= 11 is 0. The standard InChI is InChI=1S/C22H26N2O2/c1-17(25)24(20-15-9-4-10-16-20)21(18-11-5-2-6-12-18)22(26)23-19-13-7-3-8-14-19/h2,4-6,9-12,15-16,19,21H,3,7-8,13-14H2,1H3,(H,23,26)/t21-/m0/s1. The maximum Gasteiger partial charge on any atom is 0.248 e. The molecule has 1 aliphatic rings. The van der Waals surface area contributed by atoms with Crippen LogP contribution in [0, 0.1) is 0 Å². The Morgan fingerprint density at radius 2 is 1.50 bits per heavy atom. The van der Waals surface area contributed by atoms with Crippen LogP contribution in [0.1, 0.15) is 50.6 Å². The second kappa shape index (κ2) is 8.65. The fourth-order valence-electron chi connectivity index (χ4n) is 3.68. The van der Waals surface area contributed by atoms with Crippen LogP contribution in [0.25, 0.3) is 0 Å². The lowest BCUT2D eigenvalue weighted by molar-refractivity contribution is -0.126. The third-order valence-corrected chi connectivity index (χ3v) is 4.95. The monoisotopic (exact) mass is 350 g/mol. The van der Waals surface area contributed by atoms with Gasteiger partial charge in [-0.3, -0.25) is 14.5 Å². The number of carbonyl (C=O) groups excluding carboxylic acids is 2. The van der Waals surface area contributed by atoms with E-state index in [0.717, 1.165) is 36.9 Å². The molecule has 0 heterocycles. The number of hydrogen-bond acceptors (Lipinski definition) is 2. The van der Waals surface area contributed by atoms with Crippen LogP contribution in [0.3, 0.4) is 0 Å². The number of amides is 2. The first-order valence-electron chi connectivity index (χ1n) is 9.37. The lowest BCUT2D eigenvalue weighted by Gasteiger charge is -2.32. The Bertz CT molecular complexity index is 724. The normalized spacial score (nSPS) is 15.9. The second-order valence-corrected chi connectivity index (χ2v) is 6.88. The minimum Gasteiger partial charge on any atom is -0.351 e. The predicted molar refractivity (Wildman–Crippen MR) is 104 cm³/mol. The molecule has 26 heavy (non-hydrogen) atoms. The molecule has 0 aliphatic heterocycles. The van der Waals surface area contributed by atoms with Gasteiger partial charge in [0.1, 0.15) is 6.04 Å². The fourth-order valence-corrected chi connectivity index (χ4v) is 3.68. The molecule has 1 fully saturated rings. The fraction of sp³-hybridized carbons (Fsp3) is 0.364. The van der Waals surface area contributed by atoms with Crippen molar-refractivity contribution in [1.82, 2.24) is 5.32 Å². The summed E-state index contributed by atoms with van der Waals surface area (Å²) in [6, 6.07) is 18.5. The first-order valence-corrected chi connectivity index (χ1v) is 9.37. The quantitative estimate of drug-likeness (QED) is 0.877. The topological polar surface area (TPSA) is 49.4 Å². The van der Waals surface area contributed by atoms with Crippen LogP contribution in [0.2, 0.25) is 0 Å². The third kappa shape index (κ3) is 4.31. The molecule has 2 amide bonds. The lowest BCUT2D eigenvalue weighted by atomic mass is 9.94. The molecular weight excluding hydrogens is 324 g/mol. The van der Waals surface area contributed by atoms with Gasteiger partial charge in [-0.1, -0.05) is 67.8 Å². The molecule has 0 spiro atoms. The Morgan fingerprint density at radius 1 is 0.923 bits per heavy atom. The third-order valence-electron chi connectivity index (χ3n) is 4.95. The van der Waals surface area contributed by atoms with E-state index in [1.807, 2.05) is 60.7 Å². The van der Waals surface area contributed by atoms with Crippen molar-refractivity contribution in [2.75, 3.05) is 4.90 Å². The Balaban J connectivity index is 1.94. The number of rotatable bonds is 5. The van der Waals surface area contributed by atoms with E-state index >= 15 is 0 Å². The van der Waals surface area contributed by atoms with E-state index in [1.165, 1.54) is 13.3 Å². The van der Waals surface area contributed by atoms with Crippen LogP contribution < -0.4 is 10.2 Å². The summed E-state index contributed by atoms with van der Waals surface area (Å²) in [6.45, 7) is 1.51. The first-order chi connectivity index (χ1) is 12.7. The molecular formula is C22H26N2O2. The minimum atomic E-state index is -0.668. The van der Waals surface area contributed by atoms with Gasteiger partial charge in [-0.25, -0.2) is 0 Å². The van der Waals surface area contributed by atoms with Crippen LogP contribution in [-0.2, 0) is 9.59 Å². The number of benzene rings is 2. The zero-order valence-corrected chi connectivity index (χ0v) is 15.2. The molecule has 0 radical (unpaired) electrons. The number of carbonyl (C=O) groups is 2. The van der Waals surface area contributed by atoms with E-state index in [2.05, 4.69) is 5.32 Å². The Hall–Kier alpha value is -2.62. The van der Waals surface area contributed by atoms with Crippen LogP contribution in [0.15, 0.2) is 60.7 Å². The van der Waals surface area contributed by atoms with Crippen molar-refractivity contribution in [3.63, 3.8) is 0 Å². The van der Waals surface area contributed by atoms with Gasteiger partial charge in [0.25, 0.3) is 0 Å². The van der Waals surface area contributed by atoms with Gasteiger partial charge in [0.15, 0.2) is 0 Å². The highest BCUT2D eigenvalue weighted by Gasteiger charge is 2.32. The molecule has 1 N–H and O–H groups in total. The molecule has 2 aromatic carbocycles. The van der Waals surface area contributed by atoms with E-state index in [1.54, 1.807) is 4.90 Å². The van der Waals surface area contributed by atoms with Crippen LogP contribution in [0.4, 0.5) is 5.69 Å². The molecule has 0 aromatic heterocycles. The van der Waals surface area contributed by atoms with Crippen molar-refractivity contribution in [2.24, 2.45) is 0 Å². The van der Waals surface area contributed by atoms with Crippen molar-refractivity contribution >= 4 is 17.5 Å². The van der Waals surface area contributed by atoms with Gasteiger partial charge in [-0.2, -0.15) is 0 Å². The van der Waals surface area contributed by atoms with Crippen molar-refractivity contribution in [3.05, 3.63) is 66.2 Å². The summed E-state index contributed by atoms with van der Waals surface area (Å²) in [7, 11) is 0. The van der Waals surface area contributed by atoms with Crippen molar-refractivity contribution < 1.29 is 9.59 Å². The summed E-state index contributed by atoms with van der Waals surface area (Å²) in [4.78, 5) is 27.3. The summed E-state index contributed by atoms with van der Waals surface area (Å²) in [5.74, 6) is -0.258. The average Bonchev–Trinajstić information content (AvgIpc) is 2.67. The van der Waals surface area contributed by atoms with Crippen molar-refractivity contribution in [1.29, 1.82) is 0 Å². The van der Waals surface area contributed by atoms with Gasteiger partial charge >= 0.3 is 0 Å². The Labute approximate surface area is 155 Å². The number of nitrogens with one attached hydrogen (secondary N) is 1. The summed E-state index contributed by atoms with van der Waals surface area (Å²) in [6.07, 6.45) is 5.56. The summed E-state index contributed by atoms with van der Waals surface area (Å²) < 4.78 is 0. The molecule has 136 valence electrons. The van der Waals surface area contributed by atoms with Crippen LogP contribution in [0.5, 0.6) is 0 Å². The smallest absolute Gasteiger partial charge is 0.248 e. The molecule has 3 rings (SSSR count). The van der Waals surface area contributed by atoms with E-state index in [0.29, 0.717) is 0 Å². The average molecular weight is 350 g/mol. The van der Waals surface area contributed by atoms with Gasteiger partial charge in [0, 0.05) is 18.7 Å². The highest BCUT2D eigenvalue weighted by atomic mass is 16.2. The highest BCUT2D eigenvalue weighted by Crippen LogP contribution is 2.28. The van der Waals surface area contributed by atoms with E-state index in [4.69, 9.17) is 0 Å². The van der Waals surface area contributed by atoms with Crippen molar-refractivity contribution in [3.8, 4) is 0 Å². The number of nitrogens with zero attached hydrogens (tertiary/aromatic N) is 1. The largest absolute Gasteiger partial charge is 0.351 e. The zero-order valence-electron chi connectivity index (χ0n) is 15.2. The molecule has 0 bridgehead atoms. The molecule has 0 unspecified atom stereocenters. The Morgan fingerprint density at radius 3 is 2.08 bits per heavy atom. The SMILES string of the molecule is CC(=O)N(c1ccccc1)[C@H](C(=O)NC1CCCCC1)c1ccccc1. The molecule has 1 aliphatic carbocycles. The maximum atomic E-state index is 13.2. The molecule has 2 aromatic rings. The molecule has 1 atom stereocenters. The van der Waals surface area contributed by atoms with Gasteiger partial charge in [-0.15, -0.1) is 0 Å². The summed E-state index contributed by atoms with van der Waals surface area (Å²) in [5.41, 5.74) is 1.55. The lowest BCUT2D eigenvalue weighted by Crippen LogP contribution is -2.46. The molecule has 0 saturated heterocycles. The number of anilines is 1. The zero-order chi connectivity index (χ0) is 18.4. The second-order valence-electron chi connectivity index (χ2n) is 6.88. The molecule has 1 saturated carbocycles. The van der Waals surface area contributed by atoms with Gasteiger partial charge in [0.05, 0.1) is 0 Å². The first kappa shape index (κ1) is 18.2. The summed E-state index contributed by atoms with van der Waals surface area (Å²) in [5, 5.41) is 3.19. The van der Waals surface area contributed by atoms with E-state index in [-0.39, 0.29) is 17.9 Å². The number of para-hydroxylation sites is 1. The van der Waals surface area contributed by atoms with Gasteiger partial charge in [0.2, 0.25) is 11.8 Å². The number of hydrogen-bond donors (Lipinski definition) is 1. The van der Waals surface area contributed by atoms with Crippen LogP contribution >= 0.6 is 0 Å². The molecule has 4 heteroatoms. The van der Waals surface area contributed by atoms with E-state index < -0.39 is 6.04 Å². The van der Waals surface area contributed by atoms with Gasteiger partial charge in [-0.05, 0) is 30.5 Å². The van der Waals surface area contributed by atoms with Crippen molar-refractivity contribution in [2.45, 2.75) is 51.1 Å². The van der Waals surface area contributed by atoms with Crippen LogP contribution in [-0.4, -0.2) is 17.9 Å². The van der Waals surface area contributed by atoms with Gasteiger partial charge < -0.3 is 5.32 Å². The highest BCUT2D eigenvalue weighted by molar-refractivity contribution is 6.00. The Kier molecular flexibility index (Phi) is 6.05.